The van der Waals surface area contributed by atoms with Crippen molar-refractivity contribution in [2.45, 2.75) is 19.1 Å². The number of nitrogens with one attached hydrogen (secondary N) is 1. The largest absolute Gasteiger partial charge is 0.489 e. The molecule has 1 aliphatic rings. The Labute approximate surface area is 125 Å². The average molecular weight is 283 g/mol. The van der Waals surface area contributed by atoms with Crippen LogP contribution in [-0.4, -0.2) is 25.8 Å². The highest BCUT2D eigenvalue weighted by Gasteiger charge is 2.13. The van der Waals surface area contributed by atoms with Gasteiger partial charge in [0.05, 0.1) is 12.7 Å². The zero-order valence-corrected chi connectivity index (χ0v) is 12.1. The topological polar surface area (TPSA) is 30.5 Å². The predicted octanol–water partition coefficient (Wildman–Crippen LogP) is 2.80. The number of morpholine rings is 1. The van der Waals surface area contributed by atoms with Crippen LogP contribution in [0.4, 0.5) is 0 Å². The van der Waals surface area contributed by atoms with Gasteiger partial charge < -0.3 is 14.8 Å². The van der Waals surface area contributed by atoms with E-state index in [2.05, 4.69) is 29.6 Å². The van der Waals surface area contributed by atoms with E-state index in [1.54, 1.807) is 0 Å². The molecule has 1 aliphatic heterocycles. The molecule has 1 fully saturated rings. The third-order valence-electron chi connectivity index (χ3n) is 3.64. The van der Waals surface area contributed by atoms with E-state index in [0.29, 0.717) is 6.61 Å². The van der Waals surface area contributed by atoms with E-state index in [-0.39, 0.29) is 6.10 Å². The van der Waals surface area contributed by atoms with Crippen molar-refractivity contribution in [1.82, 2.24) is 5.32 Å². The smallest absolute Gasteiger partial charge is 0.119 e. The molecule has 110 valence electrons. The van der Waals surface area contributed by atoms with Crippen LogP contribution in [0.2, 0.25) is 0 Å². The van der Waals surface area contributed by atoms with E-state index in [4.69, 9.17) is 9.47 Å². The summed E-state index contributed by atoms with van der Waals surface area (Å²) >= 11 is 0. The van der Waals surface area contributed by atoms with Gasteiger partial charge in [0.1, 0.15) is 12.4 Å². The highest BCUT2D eigenvalue weighted by Crippen LogP contribution is 2.16. The Balaban J connectivity index is 1.51. The van der Waals surface area contributed by atoms with Crippen LogP contribution < -0.4 is 10.1 Å². The summed E-state index contributed by atoms with van der Waals surface area (Å²) in [5.74, 6) is 0.908. The maximum Gasteiger partial charge on any atom is 0.119 e. The fourth-order valence-corrected chi connectivity index (χ4v) is 2.48. The Morgan fingerprint density at radius 3 is 2.52 bits per heavy atom. The third kappa shape index (κ3) is 4.31. The minimum Gasteiger partial charge on any atom is -0.489 e. The first kappa shape index (κ1) is 14.1. The van der Waals surface area contributed by atoms with E-state index >= 15 is 0 Å². The van der Waals surface area contributed by atoms with E-state index in [1.807, 2.05) is 30.3 Å². The number of rotatable bonds is 5. The fourth-order valence-electron chi connectivity index (χ4n) is 2.48. The number of benzene rings is 2. The van der Waals surface area contributed by atoms with Crippen molar-refractivity contribution >= 4 is 0 Å². The van der Waals surface area contributed by atoms with Gasteiger partial charge in [-0.05, 0) is 29.7 Å². The Hall–Kier alpha value is -1.84. The monoisotopic (exact) mass is 283 g/mol. The molecule has 0 amide bonds. The van der Waals surface area contributed by atoms with Crippen LogP contribution in [-0.2, 0) is 17.8 Å². The van der Waals surface area contributed by atoms with E-state index in [0.717, 1.165) is 31.9 Å². The number of hydrogen-bond donors (Lipinski definition) is 1. The van der Waals surface area contributed by atoms with Gasteiger partial charge in [-0.2, -0.15) is 0 Å². The van der Waals surface area contributed by atoms with Gasteiger partial charge in [0, 0.05) is 13.1 Å². The Morgan fingerprint density at radius 1 is 1.00 bits per heavy atom. The summed E-state index contributed by atoms with van der Waals surface area (Å²) in [5, 5.41) is 3.36. The summed E-state index contributed by atoms with van der Waals surface area (Å²) < 4.78 is 11.5. The number of ether oxygens (including phenoxy) is 2. The van der Waals surface area contributed by atoms with Crippen LogP contribution in [0.1, 0.15) is 11.1 Å². The first-order chi connectivity index (χ1) is 10.4. The molecule has 3 rings (SSSR count). The average Bonchev–Trinajstić information content (AvgIpc) is 2.56. The molecular weight excluding hydrogens is 262 g/mol. The summed E-state index contributed by atoms with van der Waals surface area (Å²) in [5.41, 5.74) is 2.47. The van der Waals surface area contributed by atoms with Crippen LogP contribution in [0.3, 0.4) is 0 Å². The van der Waals surface area contributed by atoms with Crippen molar-refractivity contribution in [1.29, 1.82) is 0 Å². The third-order valence-corrected chi connectivity index (χ3v) is 3.64. The quantitative estimate of drug-likeness (QED) is 0.915. The van der Waals surface area contributed by atoms with Crippen molar-refractivity contribution in [3.8, 4) is 5.75 Å². The molecular formula is C18H21NO2. The molecule has 1 saturated heterocycles. The normalized spacial score (nSPS) is 18.4. The summed E-state index contributed by atoms with van der Waals surface area (Å²) in [6.07, 6.45) is 1.24. The van der Waals surface area contributed by atoms with Gasteiger partial charge in [-0.25, -0.2) is 0 Å². The SMILES string of the molecule is c1ccc(COc2ccc(CC3CNCCO3)cc2)cc1. The highest BCUT2D eigenvalue weighted by molar-refractivity contribution is 5.28. The van der Waals surface area contributed by atoms with Crippen molar-refractivity contribution in [2.24, 2.45) is 0 Å². The first-order valence-corrected chi connectivity index (χ1v) is 7.48. The van der Waals surface area contributed by atoms with Gasteiger partial charge in [0.25, 0.3) is 0 Å². The van der Waals surface area contributed by atoms with Gasteiger partial charge in [-0.15, -0.1) is 0 Å². The van der Waals surface area contributed by atoms with Gasteiger partial charge in [0.15, 0.2) is 0 Å². The Kier molecular flexibility index (Phi) is 4.87. The summed E-state index contributed by atoms with van der Waals surface area (Å²) in [4.78, 5) is 0. The van der Waals surface area contributed by atoms with Crippen LogP contribution >= 0.6 is 0 Å². The molecule has 1 unspecified atom stereocenters. The molecule has 1 atom stereocenters. The lowest BCUT2D eigenvalue weighted by atomic mass is 10.1. The molecule has 0 bridgehead atoms. The first-order valence-electron chi connectivity index (χ1n) is 7.48. The van der Waals surface area contributed by atoms with Crippen LogP contribution in [0, 0.1) is 0 Å². The highest BCUT2D eigenvalue weighted by atomic mass is 16.5. The van der Waals surface area contributed by atoms with Crippen molar-refractivity contribution in [2.75, 3.05) is 19.7 Å². The van der Waals surface area contributed by atoms with Gasteiger partial charge >= 0.3 is 0 Å². The zero-order valence-electron chi connectivity index (χ0n) is 12.1. The van der Waals surface area contributed by atoms with Gasteiger partial charge in [0.2, 0.25) is 0 Å². The van der Waals surface area contributed by atoms with Crippen molar-refractivity contribution in [3.05, 3.63) is 65.7 Å². The van der Waals surface area contributed by atoms with Crippen molar-refractivity contribution in [3.63, 3.8) is 0 Å². The fraction of sp³-hybridized carbons (Fsp3) is 0.333. The summed E-state index contributed by atoms with van der Waals surface area (Å²) in [7, 11) is 0. The molecule has 0 radical (unpaired) electrons. The Morgan fingerprint density at radius 2 is 1.81 bits per heavy atom. The van der Waals surface area contributed by atoms with E-state index < -0.39 is 0 Å². The zero-order chi connectivity index (χ0) is 14.3. The second-order valence-electron chi connectivity index (χ2n) is 5.32. The molecule has 2 aromatic carbocycles. The molecule has 0 spiro atoms. The van der Waals surface area contributed by atoms with Crippen LogP contribution in [0.25, 0.3) is 0 Å². The molecule has 3 heteroatoms. The molecule has 21 heavy (non-hydrogen) atoms. The van der Waals surface area contributed by atoms with Crippen LogP contribution in [0.15, 0.2) is 54.6 Å². The van der Waals surface area contributed by atoms with Crippen LogP contribution in [0.5, 0.6) is 5.75 Å². The second kappa shape index (κ2) is 7.25. The molecule has 0 aromatic heterocycles. The maximum absolute atomic E-state index is 5.79. The molecule has 0 saturated carbocycles. The lowest BCUT2D eigenvalue weighted by Crippen LogP contribution is -2.39. The minimum absolute atomic E-state index is 0.287. The molecule has 1 heterocycles. The molecule has 0 aliphatic carbocycles. The molecule has 1 N–H and O–H groups in total. The summed E-state index contributed by atoms with van der Waals surface area (Å²) in [6, 6.07) is 18.5. The Bertz CT molecular complexity index is 533. The standard InChI is InChI=1S/C18H21NO2/c1-2-4-16(5-3-1)14-21-17-8-6-15(7-9-17)12-18-13-19-10-11-20-18/h1-9,18-19H,10-14H2. The van der Waals surface area contributed by atoms with Crippen molar-refractivity contribution < 1.29 is 9.47 Å². The van der Waals surface area contributed by atoms with Gasteiger partial charge in [-0.1, -0.05) is 42.5 Å². The lowest BCUT2D eigenvalue weighted by molar-refractivity contribution is 0.0292. The minimum atomic E-state index is 0.287. The summed E-state index contributed by atoms with van der Waals surface area (Å²) in [6.45, 7) is 3.31. The second-order valence-corrected chi connectivity index (χ2v) is 5.32. The van der Waals surface area contributed by atoms with E-state index in [1.165, 1.54) is 11.1 Å². The lowest BCUT2D eigenvalue weighted by Gasteiger charge is -2.23. The predicted molar refractivity (Wildman–Crippen MR) is 83.5 cm³/mol. The van der Waals surface area contributed by atoms with E-state index in [9.17, 15) is 0 Å². The maximum atomic E-state index is 5.79. The number of hydrogen-bond acceptors (Lipinski definition) is 3. The molecule has 2 aromatic rings. The van der Waals surface area contributed by atoms with Gasteiger partial charge in [-0.3, -0.25) is 0 Å². The molecule has 3 nitrogen and oxygen atoms in total.